The van der Waals surface area contributed by atoms with Gasteiger partial charge in [-0.1, -0.05) is 11.6 Å². The van der Waals surface area contributed by atoms with Gasteiger partial charge in [0.05, 0.1) is 22.3 Å². The number of carbonyl (C=O) groups is 2. The molecule has 0 unspecified atom stereocenters. The van der Waals surface area contributed by atoms with E-state index < -0.39 is 46.3 Å². The van der Waals surface area contributed by atoms with Crippen LogP contribution in [0.2, 0.25) is 5.02 Å². The molecule has 12 heteroatoms. The standard InChI is InChI=1S/C15H10ClF3N2O6/c1-7(26-14(23)11-4-5-12(27-11)21(24)25)13(22)20-10-6-8(15(17,18)19)2-3-9(10)16/h2-7H,1H3,(H,20,22)/t7-/m0/s1. The maximum Gasteiger partial charge on any atom is 0.433 e. The van der Waals surface area contributed by atoms with Crippen molar-refractivity contribution in [2.75, 3.05) is 5.32 Å². The molecule has 2 rings (SSSR count). The number of benzene rings is 1. The summed E-state index contributed by atoms with van der Waals surface area (Å²) in [6.45, 7) is 1.14. The largest absolute Gasteiger partial charge is 0.447 e. The lowest BCUT2D eigenvalue weighted by Crippen LogP contribution is -2.30. The number of alkyl halides is 3. The number of anilines is 1. The highest BCUT2D eigenvalue weighted by Gasteiger charge is 2.31. The molecule has 1 aromatic carbocycles. The van der Waals surface area contributed by atoms with Gasteiger partial charge in [-0.15, -0.1) is 0 Å². The normalized spacial score (nSPS) is 12.3. The van der Waals surface area contributed by atoms with Crippen molar-refractivity contribution < 1.29 is 36.8 Å². The second kappa shape index (κ2) is 7.66. The maximum atomic E-state index is 12.7. The van der Waals surface area contributed by atoms with Crippen molar-refractivity contribution in [1.82, 2.24) is 0 Å². The lowest BCUT2D eigenvalue weighted by atomic mass is 10.2. The van der Waals surface area contributed by atoms with Crippen molar-refractivity contribution in [2.45, 2.75) is 19.2 Å². The van der Waals surface area contributed by atoms with Crippen LogP contribution in [0.25, 0.3) is 0 Å². The molecule has 27 heavy (non-hydrogen) atoms. The van der Waals surface area contributed by atoms with E-state index in [9.17, 15) is 32.9 Å². The molecule has 0 saturated carbocycles. The summed E-state index contributed by atoms with van der Waals surface area (Å²) >= 11 is 5.76. The molecule has 1 heterocycles. The van der Waals surface area contributed by atoms with Crippen molar-refractivity contribution in [2.24, 2.45) is 0 Å². The summed E-state index contributed by atoms with van der Waals surface area (Å²) < 4.78 is 47.6. The molecule has 0 aliphatic rings. The fourth-order valence-corrected chi connectivity index (χ4v) is 2.00. The molecule has 0 aliphatic heterocycles. The molecule has 0 spiro atoms. The molecular formula is C15H10ClF3N2O6. The van der Waals surface area contributed by atoms with Crippen LogP contribution in [-0.4, -0.2) is 22.9 Å². The Morgan fingerprint density at radius 1 is 1.30 bits per heavy atom. The first-order chi connectivity index (χ1) is 12.5. The highest BCUT2D eigenvalue weighted by atomic mass is 35.5. The van der Waals surface area contributed by atoms with Crippen molar-refractivity contribution in [3.8, 4) is 0 Å². The Bertz CT molecular complexity index is 896. The number of hydrogen-bond donors (Lipinski definition) is 1. The first-order valence-corrected chi connectivity index (χ1v) is 7.49. The molecule has 0 aliphatic carbocycles. The third kappa shape index (κ3) is 4.97. The van der Waals surface area contributed by atoms with E-state index in [1.165, 1.54) is 0 Å². The van der Waals surface area contributed by atoms with Crippen LogP contribution in [0.1, 0.15) is 23.0 Å². The summed E-state index contributed by atoms with van der Waals surface area (Å²) in [5, 5.41) is 12.5. The van der Waals surface area contributed by atoms with E-state index >= 15 is 0 Å². The minimum Gasteiger partial charge on any atom is -0.447 e. The highest BCUT2D eigenvalue weighted by Crippen LogP contribution is 2.33. The minimum atomic E-state index is -4.64. The number of hydrogen-bond acceptors (Lipinski definition) is 6. The van der Waals surface area contributed by atoms with Crippen LogP contribution in [0.3, 0.4) is 0 Å². The van der Waals surface area contributed by atoms with Gasteiger partial charge in [0.2, 0.25) is 5.76 Å². The Labute approximate surface area is 154 Å². The molecule has 144 valence electrons. The Kier molecular flexibility index (Phi) is 5.74. The first kappa shape index (κ1) is 20.2. The second-order valence-corrected chi connectivity index (χ2v) is 5.53. The second-order valence-electron chi connectivity index (χ2n) is 5.12. The smallest absolute Gasteiger partial charge is 0.433 e. The maximum absolute atomic E-state index is 12.7. The number of halogens is 4. The number of ether oxygens (including phenoxy) is 1. The van der Waals surface area contributed by atoms with Crippen molar-refractivity contribution in [3.63, 3.8) is 0 Å². The van der Waals surface area contributed by atoms with Crippen molar-refractivity contribution in [1.29, 1.82) is 0 Å². The van der Waals surface area contributed by atoms with Crippen molar-refractivity contribution in [3.05, 3.63) is 56.8 Å². The molecule has 0 bridgehead atoms. The SMILES string of the molecule is C[C@H](OC(=O)c1ccc([N+](=O)[O-])o1)C(=O)Nc1cc(C(F)(F)F)ccc1Cl. The van der Waals surface area contributed by atoms with Crippen LogP contribution >= 0.6 is 11.6 Å². The molecular weight excluding hydrogens is 397 g/mol. The summed E-state index contributed by atoms with van der Waals surface area (Å²) in [6, 6.07) is 4.23. The van der Waals surface area contributed by atoms with E-state index in [0.29, 0.717) is 6.07 Å². The number of nitrogens with zero attached hydrogens (tertiary/aromatic N) is 1. The minimum absolute atomic E-state index is 0.156. The zero-order valence-corrected chi connectivity index (χ0v) is 14.1. The lowest BCUT2D eigenvalue weighted by molar-refractivity contribution is -0.402. The van der Waals surface area contributed by atoms with Gasteiger partial charge in [0, 0.05) is 0 Å². The van der Waals surface area contributed by atoms with Gasteiger partial charge in [-0.3, -0.25) is 14.9 Å². The molecule has 0 saturated heterocycles. The molecule has 8 nitrogen and oxygen atoms in total. The number of esters is 1. The molecule has 0 radical (unpaired) electrons. The predicted molar refractivity (Wildman–Crippen MR) is 85.3 cm³/mol. The van der Waals surface area contributed by atoms with Gasteiger partial charge >= 0.3 is 18.0 Å². The van der Waals surface area contributed by atoms with Crippen LogP contribution in [0.4, 0.5) is 24.7 Å². The zero-order valence-electron chi connectivity index (χ0n) is 13.4. The summed E-state index contributed by atoms with van der Waals surface area (Å²) in [7, 11) is 0. The van der Waals surface area contributed by atoms with Gasteiger partial charge in [0.25, 0.3) is 5.91 Å². The molecule has 1 amide bonds. The van der Waals surface area contributed by atoms with E-state index in [0.717, 1.165) is 31.2 Å². The highest BCUT2D eigenvalue weighted by molar-refractivity contribution is 6.33. The number of carbonyl (C=O) groups excluding carboxylic acids is 2. The van der Waals surface area contributed by atoms with Gasteiger partial charge in [-0.05, 0) is 31.2 Å². The number of nitrogens with one attached hydrogen (secondary N) is 1. The Morgan fingerprint density at radius 3 is 2.52 bits per heavy atom. The van der Waals surface area contributed by atoms with Crippen LogP contribution in [-0.2, 0) is 15.7 Å². The van der Waals surface area contributed by atoms with Gasteiger partial charge in [0.1, 0.15) is 4.92 Å². The Hall–Kier alpha value is -3.08. The number of furan rings is 1. The van der Waals surface area contributed by atoms with Crippen LogP contribution in [0.15, 0.2) is 34.7 Å². The topological polar surface area (TPSA) is 112 Å². The van der Waals surface area contributed by atoms with Gasteiger partial charge < -0.3 is 14.5 Å². The lowest BCUT2D eigenvalue weighted by Gasteiger charge is -2.15. The third-order valence-corrected chi connectivity index (χ3v) is 3.51. The monoisotopic (exact) mass is 406 g/mol. The Balaban J connectivity index is 2.07. The van der Waals surface area contributed by atoms with E-state index in [-0.39, 0.29) is 10.7 Å². The van der Waals surface area contributed by atoms with E-state index in [1.807, 2.05) is 0 Å². The quantitative estimate of drug-likeness (QED) is 0.455. The molecule has 2 aromatic rings. The van der Waals surface area contributed by atoms with Crippen LogP contribution in [0, 0.1) is 10.1 Å². The summed E-state index contributed by atoms with van der Waals surface area (Å²) in [5.74, 6) is -3.35. The van der Waals surface area contributed by atoms with Crippen molar-refractivity contribution >= 4 is 35.0 Å². The molecule has 1 atom stereocenters. The fourth-order valence-electron chi connectivity index (χ4n) is 1.84. The molecule has 0 fully saturated rings. The average molecular weight is 407 g/mol. The van der Waals surface area contributed by atoms with Gasteiger partial charge in [0.15, 0.2) is 6.10 Å². The first-order valence-electron chi connectivity index (χ1n) is 7.12. The number of amides is 1. The summed E-state index contributed by atoms with van der Waals surface area (Å²) in [4.78, 5) is 33.5. The van der Waals surface area contributed by atoms with Crippen LogP contribution in [0.5, 0.6) is 0 Å². The molecule has 1 aromatic heterocycles. The Morgan fingerprint density at radius 2 is 1.96 bits per heavy atom. The van der Waals surface area contributed by atoms with E-state index in [1.54, 1.807) is 0 Å². The fraction of sp³-hybridized carbons (Fsp3) is 0.200. The number of nitro groups is 1. The summed E-state index contributed by atoms with van der Waals surface area (Å²) in [5.41, 5.74) is -1.36. The van der Waals surface area contributed by atoms with Gasteiger partial charge in [-0.2, -0.15) is 13.2 Å². The predicted octanol–water partition coefficient (Wildman–Crippen LogP) is 4.04. The molecule has 1 N–H and O–H groups in total. The zero-order chi connectivity index (χ0) is 20.4. The van der Waals surface area contributed by atoms with Gasteiger partial charge in [-0.25, -0.2) is 4.79 Å². The summed E-state index contributed by atoms with van der Waals surface area (Å²) in [6.07, 6.45) is -6.09. The van der Waals surface area contributed by atoms with Crippen LogP contribution < -0.4 is 5.32 Å². The van der Waals surface area contributed by atoms with E-state index in [4.69, 9.17) is 16.3 Å². The number of rotatable bonds is 5. The van der Waals surface area contributed by atoms with E-state index in [2.05, 4.69) is 9.73 Å². The average Bonchev–Trinajstić information content (AvgIpc) is 3.06. The third-order valence-electron chi connectivity index (χ3n) is 3.18.